The molecule has 1 N–H and O–H groups in total. The second kappa shape index (κ2) is 6.95. The van der Waals surface area contributed by atoms with Crippen LogP contribution >= 0.6 is 0 Å². The summed E-state index contributed by atoms with van der Waals surface area (Å²) in [6.45, 7) is 8.05. The van der Waals surface area contributed by atoms with Crippen LogP contribution in [-0.2, 0) is 4.79 Å². The summed E-state index contributed by atoms with van der Waals surface area (Å²) in [6.07, 6.45) is 2.61. The molecular formula is C18H23N5O. The fourth-order valence-corrected chi connectivity index (χ4v) is 3.08. The number of hydrogen-bond acceptors (Lipinski definition) is 5. The topological polar surface area (TPSA) is 71.0 Å². The van der Waals surface area contributed by atoms with Gasteiger partial charge in [-0.2, -0.15) is 0 Å². The van der Waals surface area contributed by atoms with Crippen LogP contribution in [0.15, 0.2) is 24.4 Å². The van der Waals surface area contributed by atoms with E-state index in [0.717, 1.165) is 35.6 Å². The van der Waals surface area contributed by atoms with Gasteiger partial charge in [-0.25, -0.2) is 9.97 Å². The van der Waals surface area contributed by atoms with E-state index in [9.17, 15) is 4.79 Å². The Morgan fingerprint density at radius 3 is 2.88 bits per heavy atom. The van der Waals surface area contributed by atoms with Gasteiger partial charge in [0.1, 0.15) is 0 Å². The first-order chi connectivity index (χ1) is 11.6. The van der Waals surface area contributed by atoms with Crippen LogP contribution in [0.25, 0.3) is 11.3 Å². The molecule has 0 bridgehead atoms. The van der Waals surface area contributed by atoms with Crippen molar-refractivity contribution in [3.63, 3.8) is 0 Å². The van der Waals surface area contributed by atoms with Crippen molar-refractivity contribution in [3.8, 4) is 11.3 Å². The molecule has 3 heterocycles. The number of rotatable bonds is 4. The van der Waals surface area contributed by atoms with Crippen LogP contribution in [0.5, 0.6) is 0 Å². The number of nitrogens with one attached hydrogen (secondary N) is 1. The molecule has 3 rings (SSSR count). The van der Waals surface area contributed by atoms with Gasteiger partial charge in [-0.15, -0.1) is 0 Å². The van der Waals surface area contributed by atoms with E-state index in [0.29, 0.717) is 19.0 Å². The first-order valence-corrected chi connectivity index (χ1v) is 8.38. The maximum atomic E-state index is 12.0. The van der Waals surface area contributed by atoms with Gasteiger partial charge in [0, 0.05) is 42.8 Å². The van der Waals surface area contributed by atoms with Gasteiger partial charge in [-0.05, 0) is 45.4 Å². The zero-order chi connectivity index (χ0) is 17.1. The summed E-state index contributed by atoms with van der Waals surface area (Å²) in [5.74, 6) is 0.814. The highest BCUT2D eigenvalue weighted by molar-refractivity contribution is 5.79. The summed E-state index contributed by atoms with van der Waals surface area (Å²) in [5, 5.41) is 2.89. The predicted octanol–water partition coefficient (Wildman–Crippen LogP) is 2.12. The zero-order valence-corrected chi connectivity index (χ0v) is 14.4. The van der Waals surface area contributed by atoms with Crippen molar-refractivity contribution >= 4 is 11.9 Å². The minimum atomic E-state index is 0.0139. The molecule has 1 fully saturated rings. The van der Waals surface area contributed by atoms with Gasteiger partial charge >= 0.3 is 0 Å². The van der Waals surface area contributed by atoms with Gasteiger partial charge in [-0.3, -0.25) is 9.78 Å². The van der Waals surface area contributed by atoms with E-state index < -0.39 is 0 Å². The average Bonchev–Trinajstić information content (AvgIpc) is 3.05. The number of hydrogen-bond donors (Lipinski definition) is 1. The van der Waals surface area contributed by atoms with E-state index in [4.69, 9.17) is 4.98 Å². The summed E-state index contributed by atoms with van der Waals surface area (Å²) in [6, 6.07) is 5.94. The third-order valence-corrected chi connectivity index (χ3v) is 4.34. The average molecular weight is 325 g/mol. The van der Waals surface area contributed by atoms with E-state index >= 15 is 0 Å². The van der Waals surface area contributed by atoms with Gasteiger partial charge in [0.05, 0.1) is 11.6 Å². The highest BCUT2D eigenvalue weighted by Crippen LogP contribution is 2.25. The second-order valence-corrected chi connectivity index (χ2v) is 6.15. The number of carbonyl (C=O) groups excluding carboxylic acids is 1. The highest BCUT2D eigenvalue weighted by Gasteiger charge is 2.29. The van der Waals surface area contributed by atoms with Crippen LogP contribution in [0.3, 0.4) is 0 Å². The van der Waals surface area contributed by atoms with Crippen LogP contribution in [0.1, 0.15) is 24.7 Å². The van der Waals surface area contributed by atoms with Crippen LogP contribution < -0.4 is 10.2 Å². The Hall–Kier alpha value is -2.50. The lowest BCUT2D eigenvalue weighted by Gasteiger charge is -2.17. The number of aromatic nitrogens is 3. The number of pyridine rings is 1. The van der Waals surface area contributed by atoms with E-state index in [1.807, 2.05) is 39.0 Å². The monoisotopic (exact) mass is 325 g/mol. The molecule has 126 valence electrons. The van der Waals surface area contributed by atoms with E-state index in [1.165, 1.54) is 0 Å². The van der Waals surface area contributed by atoms with Gasteiger partial charge in [0.2, 0.25) is 11.9 Å². The van der Waals surface area contributed by atoms with Crippen molar-refractivity contribution in [2.75, 3.05) is 24.5 Å². The molecule has 1 aliphatic rings. The maximum Gasteiger partial charge on any atom is 0.225 e. The first kappa shape index (κ1) is 16.4. The SMILES string of the molecule is CCNC(=O)[C@@H]1CCN(c2nccc(-c3ccc(C)nc3C)n2)C1. The van der Waals surface area contributed by atoms with E-state index in [1.54, 1.807) is 6.20 Å². The Kier molecular flexibility index (Phi) is 4.74. The number of anilines is 1. The lowest BCUT2D eigenvalue weighted by molar-refractivity contribution is -0.124. The van der Waals surface area contributed by atoms with Crippen molar-refractivity contribution in [1.29, 1.82) is 0 Å². The molecule has 24 heavy (non-hydrogen) atoms. The standard InChI is InChI=1S/C18H23N5O/c1-4-19-17(24)14-8-10-23(11-14)18-20-9-7-16(22-18)15-6-5-12(2)21-13(15)3/h5-7,9,14H,4,8,10-11H2,1-3H3,(H,19,24)/t14-/m1/s1. The largest absolute Gasteiger partial charge is 0.356 e. The third-order valence-electron chi connectivity index (χ3n) is 4.34. The lowest BCUT2D eigenvalue weighted by Crippen LogP contribution is -2.32. The van der Waals surface area contributed by atoms with Gasteiger partial charge < -0.3 is 10.2 Å². The molecule has 1 atom stereocenters. The number of aryl methyl sites for hydroxylation is 2. The number of amides is 1. The Labute approximate surface area is 142 Å². The quantitative estimate of drug-likeness (QED) is 0.932. The van der Waals surface area contributed by atoms with Gasteiger partial charge in [0.25, 0.3) is 0 Å². The smallest absolute Gasteiger partial charge is 0.225 e. The molecule has 1 aliphatic heterocycles. The molecule has 6 nitrogen and oxygen atoms in total. The molecule has 1 amide bonds. The molecule has 0 unspecified atom stereocenters. The second-order valence-electron chi connectivity index (χ2n) is 6.15. The molecule has 0 aliphatic carbocycles. The van der Waals surface area contributed by atoms with Crippen LogP contribution in [-0.4, -0.2) is 40.5 Å². The molecule has 2 aromatic heterocycles. The van der Waals surface area contributed by atoms with Crippen LogP contribution in [0, 0.1) is 19.8 Å². The fourth-order valence-electron chi connectivity index (χ4n) is 3.08. The normalized spacial score (nSPS) is 17.1. The minimum absolute atomic E-state index is 0.0139. The molecule has 0 aromatic carbocycles. The number of nitrogens with zero attached hydrogens (tertiary/aromatic N) is 4. The highest BCUT2D eigenvalue weighted by atomic mass is 16.1. The van der Waals surface area contributed by atoms with Crippen molar-refractivity contribution in [2.45, 2.75) is 27.2 Å². The first-order valence-electron chi connectivity index (χ1n) is 8.38. The predicted molar refractivity (Wildman–Crippen MR) is 93.7 cm³/mol. The van der Waals surface area contributed by atoms with E-state index in [-0.39, 0.29) is 11.8 Å². The Bertz CT molecular complexity index is 746. The molecule has 0 saturated carbocycles. The van der Waals surface area contributed by atoms with Crippen molar-refractivity contribution in [3.05, 3.63) is 35.8 Å². The van der Waals surface area contributed by atoms with Crippen molar-refractivity contribution in [2.24, 2.45) is 5.92 Å². The van der Waals surface area contributed by atoms with Crippen molar-refractivity contribution in [1.82, 2.24) is 20.3 Å². The summed E-state index contributed by atoms with van der Waals surface area (Å²) < 4.78 is 0. The molecular weight excluding hydrogens is 302 g/mol. The summed E-state index contributed by atoms with van der Waals surface area (Å²) in [7, 11) is 0. The molecule has 0 radical (unpaired) electrons. The summed E-state index contributed by atoms with van der Waals surface area (Å²) in [5.41, 5.74) is 3.84. The number of carbonyl (C=O) groups is 1. The van der Waals surface area contributed by atoms with Gasteiger partial charge in [0.15, 0.2) is 0 Å². The molecule has 2 aromatic rings. The molecule has 1 saturated heterocycles. The van der Waals surface area contributed by atoms with Crippen molar-refractivity contribution < 1.29 is 4.79 Å². The maximum absolute atomic E-state index is 12.0. The zero-order valence-electron chi connectivity index (χ0n) is 14.4. The summed E-state index contributed by atoms with van der Waals surface area (Å²) >= 11 is 0. The Balaban J connectivity index is 1.80. The Morgan fingerprint density at radius 1 is 1.29 bits per heavy atom. The summed E-state index contributed by atoms with van der Waals surface area (Å²) in [4.78, 5) is 27.7. The van der Waals surface area contributed by atoms with Crippen LogP contribution in [0.4, 0.5) is 5.95 Å². The lowest BCUT2D eigenvalue weighted by atomic mass is 10.1. The molecule has 6 heteroatoms. The molecule has 0 spiro atoms. The third kappa shape index (κ3) is 3.37. The fraction of sp³-hybridized carbons (Fsp3) is 0.444. The van der Waals surface area contributed by atoms with Gasteiger partial charge in [-0.1, -0.05) is 0 Å². The Morgan fingerprint density at radius 2 is 2.12 bits per heavy atom. The minimum Gasteiger partial charge on any atom is -0.356 e. The van der Waals surface area contributed by atoms with E-state index in [2.05, 4.69) is 20.2 Å². The van der Waals surface area contributed by atoms with Crippen LogP contribution in [0.2, 0.25) is 0 Å².